The fourth-order valence-corrected chi connectivity index (χ4v) is 1.43. The number of methoxy groups -OCH3 is 2. The van der Waals surface area contributed by atoms with Crippen LogP contribution >= 0.6 is 11.6 Å². The van der Waals surface area contributed by atoms with E-state index in [1.807, 2.05) is 0 Å². The van der Waals surface area contributed by atoms with Gasteiger partial charge in [0, 0.05) is 0 Å². The van der Waals surface area contributed by atoms with Crippen molar-refractivity contribution in [2.75, 3.05) is 19.5 Å². The van der Waals surface area contributed by atoms with E-state index >= 15 is 0 Å². The molecule has 0 unspecified atom stereocenters. The standard InChI is InChI=1S/C11H10ClN5O3/c1-19-8-3-9(20-2)16-11(15-8)17-10(18)6-4-13-5-7(12)14-6/h3-5H,1-2H3,(H,15,16,17,18). The molecule has 0 atom stereocenters. The number of rotatable bonds is 4. The average molecular weight is 296 g/mol. The molecule has 0 saturated heterocycles. The number of amides is 1. The van der Waals surface area contributed by atoms with Crippen LogP contribution in [0.2, 0.25) is 5.15 Å². The smallest absolute Gasteiger partial charge is 0.278 e. The van der Waals surface area contributed by atoms with Gasteiger partial charge in [-0.15, -0.1) is 0 Å². The molecular formula is C11H10ClN5O3. The minimum absolute atomic E-state index is 0.0213. The molecule has 2 heterocycles. The van der Waals surface area contributed by atoms with Gasteiger partial charge in [-0.05, 0) is 0 Å². The largest absolute Gasteiger partial charge is 0.481 e. The lowest BCUT2D eigenvalue weighted by molar-refractivity contribution is 0.102. The average Bonchev–Trinajstić information content (AvgIpc) is 2.46. The Labute approximate surface area is 119 Å². The first-order valence-electron chi connectivity index (χ1n) is 5.38. The molecular weight excluding hydrogens is 286 g/mol. The zero-order valence-corrected chi connectivity index (χ0v) is 11.4. The Morgan fingerprint density at radius 1 is 1.15 bits per heavy atom. The Hall–Kier alpha value is -2.48. The number of aromatic nitrogens is 4. The molecule has 0 bridgehead atoms. The fourth-order valence-electron chi connectivity index (χ4n) is 1.29. The van der Waals surface area contributed by atoms with Crippen LogP contribution in [-0.4, -0.2) is 40.1 Å². The van der Waals surface area contributed by atoms with Gasteiger partial charge in [-0.3, -0.25) is 15.1 Å². The van der Waals surface area contributed by atoms with Crippen LogP contribution in [0.5, 0.6) is 11.8 Å². The van der Waals surface area contributed by atoms with Crippen LogP contribution in [0, 0.1) is 0 Å². The summed E-state index contributed by atoms with van der Waals surface area (Å²) in [6.45, 7) is 0. The van der Waals surface area contributed by atoms with Gasteiger partial charge in [0.2, 0.25) is 17.7 Å². The minimum atomic E-state index is -0.546. The number of nitrogens with one attached hydrogen (secondary N) is 1. The topological polar surface area (TPSA) is 99.1 Å². The number of hydrogen-bond donors (Lipinski definition) is 1. The predicted molar refractivity (Wildman–Crippen MR) is 70.1 cm³/mol. The molecule has 1 amide bonds. The third-order valence-corrected chi connectivity index (χ3v) is 2.34. The van der Waals surface area contributed by atoms with Gasteiger partial charge >= 0.3 is 0 Å². The molecule has 9 heteroatoms. The molecule has 20 heavy (non-hydrogen) atoms. The van der Waals surface area contributed by atoms with Crippen molar-refractivity contribution in [1.82, 2.24) is 19.9 Å². The summed E-state index contributed by atoms with van der Waals surface area (Å²) in [6.07, 6.45) is 2.60. The molecule has 104 valence electrons. The Kier molecular flexibility index (Phi) is 4.26. The Morgan fingerprint density at radius 2 is 1.80 bits per heavy atom. The molecule has 8 nitrogen and oxygen atoms in total. The maximum atomic E-state index is 11.9. The number of hydrogen-bond acceptors (Lipinski definition) is 7. The van der Waals surface area contributed by atoms with E-state index in [0.717, 1.165) is 0 Å². The second-order valence-corrected chi connectivity index (χ2v) is 3.84. The van der Waals surface area contributed by atoms with Gasteiger partial charge in [0.15, 0.2) is 0 Å². The van der Waals surface area contributed by atoms with Gasteiger partial charge in [-0.2, -0.15) is 9.97 Å². The summed E-state index contributed by atoms with van der Waals surface area (Å²) in [5.74, 6) is -0.0167. The summed E-state index contributed by atoms with van der Waals surface area (Å²) in [5, 5.41) is 2.57. The normalized spacial score (nSPS) is 9.95. The van der Waals surface area contributed by atoms with E-state index in [0.29, 0.717) is 0 Å². The molecule has 0 aliphatic rings. The van der Waals surface area contributed by atoms with E-state index < -0.39 is 5.91 Å². The fraction of sp³-hybridized carbons (Fsp3) is 0.182. The molecule has 2 aromatic heterocycles. The maximum absolute atomic E-state index is 11.9. The molecule has 0 radical (unpaired) electrons. The molecule has 2 rings (SSSR count). The first-order valence-corrected chi connectivity index (χ1v) is 5.76. The van der Waals surface area contributed by atoms with Crippen molar-refractivity contribution in [2.45, 2.75) is 0 Å². The van der Waals surface area contributed by atoms with E-state index in [4.69, 9.17) is 21.1 Å². The quantitative estimate of drug-likeness (QED) is 0.904. The van der Waals surface area contributed by atoms with Crippen molar-refractivity contribution in [3.8, 4) is 11.8 Å². The molecule has 0 fully saturated rings. The zero-order chi connectivity index (χ0) is 14.5. The lowest BCUT2D eigenvalue weighted by Gasteiger charge is -2.07. The van der Waals surface area contributed by atoms with E-state index in [2.05, 4.69) is 25.3 Å². The van der Waals surface area contributed by atoms with E-state index in [9.17, 15) is 4.79 Å². The summed E-state index contributed by atoms with van der Waals surface area (Å²) in [6, 6.07) is 1.48. The first-order chi connectivity index (χ1) is 9.62. The first kappa shape index (κ1) is 13.9. The van der Waals surface area contributed by atoms with Gasteiger partial charge in [0.1, 0.15) is 10.8 Å². The van der Waals surface area contributed by atoms with Crippen LogP contribution in [0.3, 0.4) is 0 Å². The number of carbonyl (C=O) groups is 1. The van der Waals surface area contributed by atoms with Crippen molar-refractivity contribution >= 4 is 23.5 Å². The van der Waals surface area contributed by atoms with E-state index in [1.54, 1.807) is 0 Å². The summed E-state index contributed by atoms with van der Waals surface area (Å²) in [4.78, 5) is 27.5. The van der Waals surface area contributed by atoms with Crippen molar-refractivity contribution in [3.63, 3.8) is 0 Å². The van der Waals surface area contributed by atoms with Crippen LogP contribution in [0.4, 0.5) is 5.95 Å². The van der Waals surface area contributed by atoms with Crippen LogP contribution < -0.4 is 14.8 Å². The van der Waals surface area contributed by atoms with Gasteiger partial charge in [0.05, 0.1) is 32.7 Å². The van der Waals surface area contributed by atoms with Crippen LogP contribution in [-0.2, 0) is 0 Å². The van der Waals surface area contributed by atoms with Gasteiger partial charge in [-0.1, -0.05) is 11.6 Å². The van der Waals surface area contributed by atoms with E-state index in [-0.39, 0.29) is 28.6 Å². The minimum Gasteiger partial charge on any atom is -0.481 e. The second-order valence-electron chi connectivity index (χ2n) is 3.46. The molecule has 0 aliphatic heterocycles. The van der Waals surface area contributed by atoms with Gasteiger partial charge in [-0.25, -0.2) is 4.98 Å². The van der Waals surface area contributed by atoms with E-state index in [1.165, 1.54) is 32.7 Å². The monoisotopic (exact) mass is 295 g/mol. The molecule has 0 aliphatic carbocycles. The van der Waals surface area contributed by atoms with Crippen LogP contribution in [0.1, 0.15) is 10.5 Å². The lowest BCUT2D eigenvalue weighted by Crippen LogP contribution is -2.16. The predicted octanol–water partition coefficient (Wildman–Crippen LogP) is 1.19. The number of anilines is 1. The highest BCUT2D eigenvalue weighted by molar-refractivity contribution is 6.29. The highest BCUT2D eigenvalue weighted by Crippen LogP contribution is 2.17. The van der Waals surface area contributed by atoms with Crippen molar-refractivity contribution in [3.05, 3.63) is 29.3 Å². The number of carbonyl (C=O) groups excluding carboxylic acids is 1. The van der Waals surface area contributed by atoms with Gasteiger partial charge in [0.25, 0.3) is 5.91 Å². The van der Waals surface area contributed by atoms with Crippen molar-refractivity contribution in [1.29, 1.82) is 0 Å². The summed E-state index contributed by atoms with van der Waals surface area (Å²) >= 11 is 5.66. The van der Waals surface area contributed by atoms with Crippen LogP contribution in [0.25, 0.3) is 0 Å². The van der Waals surface area contributed by atoms with Gasteiger partial charge < -0.3 is 9.47 Å². The van der Waals surface area contributed by atoms with Crippen molar-refractivity contribution in [2.24, 2.45) is 0 Å². The molecule has 2 aromatic rings. The second kappa shape index (κ2) is 6.11. The highest BCUT2D eigenvalue weighted by Gasteiger charge is 2.12. The number of ether oxygens (including phenoxy) is 2. The molecule has 0 saturated carbocycles. The molecule has 0 spiro atoms. The lowest BCUT2D eigenvalue weighted by atomic mass is 10.4. The summed E-state index contributed by atoms with van der Waals surface area (Å²) in [5.41, 5.74) is 0.0443. The molecule has 0 aromatic carbocycles. The highest BCUT2D eigenvalue weighted by atomic mass is 35.5. The van der Waals surface area contributed by atoms with Crippen LogP contribution in [0.15, 0.2) is 18.5 Å². The summed E-state index contributed by atoms with van der Waals surface area (Å²) in [7, 11) is 2.88. The Balaban J connectivity index is 2.23. The maximum Gasteiger partial charge on any atom is 0.278 e. The van der Waals surface area contributed by atoms with Crippen molar-refractivity contribution < 1.29 is 14.3 Å². The Bertz CT molecular complexity index is 615. The zero-order valence-electron chi connectivity index (χ0n) is 10.6. The third kappa shape index (κ3) is 3.29. The number of halogens is 1. The SMILES string of the molecule is COc1cc(OC)nc(NC(=O)c2cncc(Cl)n2)n1. The third-order valence-electron chi connectivity index (χ3n) is 2.16. The summed E-state index contributed by atoms with van der Waals surface area (Å²) < 4.78 is 9.94. The number of nitrogens with zero attached hydrogens (tertiary/aromatic N) is 4. The molecule has 1 N–H and O–H groups in total. The Morgan fingerprint density at radius 3 is 2.35 bits per heavy atom.